The van der Waals surface area contributed by atoms with Gasteiger partial charge in [0.1, 0.15) is 11.6 Å². The number of halogens is 1. The number of nitrogens with zero attached hydrogens (tertiary/aromatic N) is 2. The molecule has 0 bridgehead atoms. The molecular weight excluding hydrogens is 265 g/mol. The van der Waals surface area contributed by atoms with Gasteiger partial charge in [0, 0.05) is 12.6 Å². The minimum atomic E-state index is -0.465. The fourth-order valence-electron chi connectivity index (χ4n) is 2.01. The van der Waals surface area contributed by atoms with Crippen LogP contribution >= 0.6 is 0 Å². The van der Waals surface area contributed by atoms with Crippen molar-refractivity contribution in [2.45, 2.75) is 6.04 Å². The number of ether oxygens (including phenoxy) is 2. The highest BCUT2D eigenvalue weighted by atomic mass is 19.1. The molecule has 1 aliphatic rings. The number of aromatic nitrogens is 2. The number of morpholine rings is 1. The van der Waals surface area contributed by atoms with Crippen molar-refractivity contribution in [3.05, 3.63) is 29.8 Å². The number of hydrogen-bond acceptors (Lipinski definition) is 6. The molecule has 20 heavy (non-hydrogen) atoms. The van der Waals surface area contributed by atoms with E-state index in [1.807, 2.05) is 0 Å². The minimum Gasteiger partial charge on any atom is -0.497 e. The quantitative estimate of drug-likeness (QED) is 0.919. The maximum absolute atomic E-state index is 13.9. The number of rotatable bonds is 3. The Morgan fingerprint density at radius 3 is 3.05 bits per heavy atom. The first-order chi connectivity index (χ1) is 9.78. The highest BCUT2D eigenvalue weighted by Gasteiger charge is 2.22. The van der Waals surface area contributed by atoms with Crippen molar-refractivity contribution < 1.29 is 18.4 Å². The van der Waals surface area contributed by atoms with Crippen LogP contribution in [0.1, 0.15) is 11.9 Å². The standard InChI is InChI=1S/C13H14FN3O3/c1-18-8-2-3-9(10(14)6-8)13-16-12(17-20-13)11-7-19-5-4-15-11/h2-3,6,11,15H,4-5,7H2,1H3. The molecule has 0 spiro atoms. The molecule has 1 atom stereocenters. The van der Waals surface area contributed by atoms with E-state index >= 15 is 0 Å². The van der Waals surface area contributed by atoms with Gasteiger partial charge >= 0.3 is 0 Å². The van der Waals surface area contributed by atoms with Crippen LogP contribution in [-0.4, -0.2) is 37.0 Å². The van der Waals surface area contributed by atoms with E-state index in [9.17, 15) is 4.39 Å². The lowest BCUT2D eigenvalue weighted by Gasteiger charge is -2.20. The average molecular weight is 279 g/mol. The van der Waals surface area contributed by atoms with Crippen LogP contribution in [0.15, 0.2) is 22.7 Å². The van der Waals surface area contributed by atoms with Crippen molar-refractivity contribution in [2.24, 2.45) is 0 Å². The summed E-state index contributed by atoms with van der Waals surface area (Å²) in [5.41, 5.74) is 0.251. The third-order valence-corrected chi connectivity index (χ3v) is 3.08. The van der Waals surface area contributed by atoms with Gasteiger partial charge in [-0.15, -0.1) is 0 Å². The lowest BCUT2D eigenvalue weighted by molar-refractivity contribution is 0.0734. The summed E-state index contributed by atoms with van der Waals surface area (Å²) in [5, 5.41) is 7.08. The fourth-order valence-corrected chi connectivity index (χ4v) is 2.01. The van der Waals surface area contributed by atoms with E-state index in [4.69, 9.17) is 14.0 Å². The molecule has 2 aromatic rings. The van der Waals surface area contributed by atoms with Crippen LogP contribution in [-0.2, 0) is 4.74 Å². The lowest BCUT2D eigenvalue weighted by Crippen LogP contribution is -2.35. The Hall–Kier alpha value is -1.99. The normalized spacial score (nSPS) is 19.0. The fraction of sp³-hybridized carbons (Fsp3) is 0.385. The van der Waals surface area contributed by atoms with Crippen LogP contribution in [0.5, 0.6) is 5.75 Å². The molecule has 1 aromatic carbocycles. The number of benzene rings is 1. The molecule has 0 aliphatic carbocycles. The predicted octanol–water partition coefficient (Wildman–Crippen LogP) is 1.55. The summed E-state index contributed by atoms with van der Waals surface area (Å²) in [7, 11) is 1.48. The third-order valence-electron chi connectivity index (χ3n) is 3.08. The van der Waals surface area contributed by atoms with Gasteiger partial charge in [0.25, 0.3) is 5.89 Å². The van der Waals surface area contributed by atoms with Gasteiger partial charge in [0.05, 0.1) is 31.9 Å². The molecule has 106 valence electrons. The van der Waals surface area contributed by atoms with Gasteiger partial charge in [-0.2, -0.15) is 4.98 Å². The molecule has 0 amide bonds. The molecule has 0 radical (unpaired) electrons. The highest BCUT2D eigenvalue weighted by molar-refractivity contribution is 5.55. The molecule has 1 aliphatic heterocycles. The first-order valence-corrected chi connectivity index (χ1v) is 6.26. The van der Waals surface area contributed by atoms with Crippen LogP contribution in [0.25, 0.3) is 11.5 Å². The summed E-state index contributed by atoms with van der Waals surface area (Å²) >= 11 is 0. The molecule has 6 nitrogen and oxygen atoms in total. The van der Waals surface area contributed by atoms with E-state index in [2.05, 4.69) is 15.5 Å². The van der Waals surface area contributed by atoms with Crippen molar-refractivity contribution in [1.29, 1.82) is 0 Å². The summed E-state index contributed by atoms with van der Waals surface area (Å²) in [5.74, 6) is 0.586. The van der Waals surface area contributed by atoms with E-state index in [1.54, 1.807) is 12.1 Å². The molecule has 2 heterocycles. The zero-order chi connectivity index (χ0) is 13.9. The van der Waals surface area contributed by atoms with E-state index in [0.29, 0.717) is 24.8 Å². The topological polar surface area (TPSA) is 69.4 Å². The Balaban J connectivity index is 1.85. The Morgan fingerprint density at radius 1 is 1.45 bits per heavy atom. The second-order valence-electron chi connectivity index (χ2n) is 4.39. The summed E-state index contributed by atoms with van der Waals surface area (Å²) in [6.45, 7) is 1.86. The van der Waals surface area contributed by atoms with E-state index < -0.39 is 5.82 Å². The maximum Gasteiger partial charge on any atom is 0.260 e. The van der Waals surface area contributed by atoms with Crippen molar-refractivity contribution in [3.8, 4) is 17.2 Å². The molecular formula is C13H14FN3O3. The van der Waals surface area contributed by atoms with Gasteiger partial charge in [0.2, 0.25) is 0 Å². The second kappa shape index (κ2) is 5.56. The minimum absolute atomic E-state index is 0.123. The van der Waals surface area contributed by atoms with Crippen molar-refractivity contribution in [1.82, 2.24) is 15.5 Å². The molecule has 1 unspecified atom stereocenters. The number of nitrogens with one attached hydrogen (secondary N) is 1. The highest BCUT2D eigenvalue weighted by Crippen LogP contribution is 2.26. The largest absolute Gasteiger partial charge is 0.497 e. The summed E-state index contributed by atoms with van der Waals surface area (Å²) in [4.78, 5) is 4.22. The van der Waals surface area contributed by atoms with Gasteiger partial charge in [-0.3, -0.25) is 0 Å². The van der Waals surface area contributed by atoms with Crippen molar-refractivity contribution in [2.75, 3.05) is 26.9 Å². The number of methoxy groups -OCH3 is 1. The van der Waals surface area contributed by atoms with Crippen LogP contribution < -0.4 is 10.1 Å². The first-order valence-electron chi connectivity index (χ1n) is 6.26. The number of hydrogen-bond donors (Lipinski definition) is 1. The molecule has 1 saturated heterocycles. The first kappa shape index (κ1) is 13.0. The molecule has 1 aromatic heterocycles. The second-order valence-corrected chi connectivity index (χ2v) is 4.39. The molecule has 0 saturated carbocycles. The summed E-state index contributed by atoms with van der Waals surface area (Å²) < 4.78 is 29.3. The third kappa shape index (κ3) is 2.50. The van der Waals surface area contributed by atoms with Gasteiger partial charge < -0.3 is 19.3 Å². The Labute approximate surface area is 114 Å². The van der Waals surface area contributed by atoms with Gasteiger partial charge in [-0.1, -0.05) is 5.16 Å². The van der Waals surface area contributed by atoms with E-state index in [0.717, 1.165) is 6.54 Å². The zero-order valence-electron chi connectivity index (χ0n) is 10.9. The molecule has 3 rings (SSSR count). The van der Waals surface area contributed by atoms with Crippen LogP contribution in [0.4, 0.5) is 4.39 Å². The predicted molar refractivity (Wildman–Crippen MR) is 67.8 cm³/mol. The smallest absolute Gasteiger partial charge is 0.260 e. The van der Waals surface area contributed by atoms with Gasteiger partial charge in [0.15, 0.2) is 5.82 Å². The van der Waals surface area contributed by atoms with Crippen LogP contribution in [0, 0.1) is 5.82 Å². The zero-order valence-corrected chi connectivity index (χ0v) is 10.9. The monoisotopic (exact) mass is 279 g/mol. The van der Waals surface area contributed by atoms with E-state index in [-0.39, 0.29) is 17.5 Å². The molecule has 1 N–H and O–H groups in total. The van der Waals surface area contributed by atoms with Gasteiger partial charge in [-0.05, 0) is 12.1 Å². The van der Waals surface area contributed by atoms with Crippen molar-refractivity contribution in [3.63, 3.8) is 0 Å². The lowest BCUT2D eigenvalue weighted by atomic mass is 10.2. The molecule has 1 fully saturated rings. The van der Waals surface area contributed by atoms with Crippen LogP contribution in [0.3, 0.4) is 0 Å². The van der Waals surface area contributed by atoms with E-state index in [1.165, 1.54) is 13.2 Å². The Kier molecular flexibility index (Phi) is 3.62. The summed E-state index contributed by atoms with van der Waals surface area (Å²) in [6.07, 6.45) is 0. The summed E-state index contributed by atoms with van der Waals surface area (Å²) in [6, 6.07) is 4.35. The maximum atomic E-state index is 13.9. The van der Waals surface area contributed by atoms with Crippen molar-refractivity contribution >= 4 is 0 Å². The van der Waals surface area contributed by atoms with Crippen LogP contribution in [0.2, 0.25) is 0 Å². The Morgan fingerprint density at radius 2 is 2.35 bits per heavy atom. The van der Waals surface area contributed by atoms with Gasteiger partial charge in [-0.25, -0.2) is 4.39 Å². The average Bonchev–Trinajstić information content (AvgIpc) is 2.97. The Bertz CT molecular complexity index is 596. The molecule has 7 heteroatoms. The SMILES string of the molecule is COc1ccc(-c2nc(C3COCCN3)no2)c(F)c1.